The van der Waals surface area contributed by atoms with Gasteiger partial charge in [-0.05, 0) is 0 Å². The monoisotopic (exact) mass is 171 g/mol. The molecule has 0 aromatic carbocycles. The van der Waals surface area contributed by atoms with Gasteiger partial charge < -0.3 is 0 Å². The van der Waals surface area contributed by atoms with E-state index in [0.29, 0.717) is 5.69 Å². The molecule has 3 nitrogen and oxygen atoms in total. The fourth-order valence-electron chi connectivity index (χ4n) is 0.356. The molecule has 4 heteroatoms. The number of hydrogen-bond acceptors (Lipinski definition) is 2. The second-order valence-corrected chi connectivity index (χ2v) is 1.97. The summed E-state index contributed by atoms with van der Waals surface area (Å²) in [6, 6.07) is 1.93. The van der Waals surface area contributed by atoms with E-state index in [9.17, 15) is 0 Å². The van der Waals surface area contributed by atoms with Crippen molar-refractivity contribution in [3.05, 3.63) is 18.2 Å². The first-order valence-electron chi connectivity index (χ1n) is 1.93. The van der Waals surface area contributed by atoms with Crippen molar-refractivity contribution in [3.63, 3.8) is 0 Å². The van der Waals surface area contributed by atoms with E-state index >= 15 is 0 Å². The molecule has 0 aliphatic carbocycles. The van der Waals surface area contributed by atoms with E-state index in [1.54, 1.807) is 0 Å². The lowest BCUT2D eigenvalue weighted by Gasteiger charge is -1.80. The molecule has 0 bridgehead atoms. The van der Waals surface area contributed by atoms with Crippen molar-refractivity contribution in [1.29, 1.82) is 5.26 Å². The van der Waals surface area contributed by atoms with Gasteiger partial charge in [-0.1, -0.05) is 0 Å². The van der Waals surface area contributed by atoms with Crippen LogP contribution in [0.1, 0.15) is 5.69 Å². The first kappa shape index (κ1) is 5.32. The van der Waals surface area contributed by atoms with Crippen LogP contribution >= 0.6 is 16.1 Å². The SMILES string of the molecule is N#Cc1cncn1Br. The van der Waals surface area contributed by atoms with Crippen LogP contribution in [-0.4, -0.2) is 8.58 Å². The lowest BCUT2D eigenvalue weighted by molar-refractivity contribution is 1.23. The van der Waals surface area contributed by atoms with Gasteiger partial charge in [-0.3, -0.25) is 3.59 Å². The maximum atomic E-state index is 8.27. The third-order valence-electron chi connectivity index (χ3n) is 0.710. The van der Waals surface area contributed by atoms with Crippen LogP contribution in [0.5, 0.6) is 0 Å². The van der Waals surface area contributed by atoms with Crippen LogP contribution in [0.4, 0.5) is 0 Å². The largest absolute Gasteiger partial charge is 0.255 e. The molecule has 1 aromatic rings. The molecule has 0 aliphatic heterocycles. The Hall–Kier alpha value is -0.820. The Bertz CT molecular complexity index is 221. The fourth-order valence-corrected chi connectivity index (χ4v) is 0.633. The third-order valence-corrected chi connectivity index (χ3v) is 1.27. The zero-order chi connectivity index (χ0) is 5.98. The summed E-state index contributed by atoms with van der Waals surface area (Å²) in [6.07, 6.45) is 2.99. The molecule has 0 radical (unpaired) electrons. The zero-order valence-corrected chi connectivity index (χ0v) is 5.46. The Morgan fingerprint density at radius 1 is 1.88 bits per heavy atom. The number of halogens is 1. The van der Waals surface area contributed by atoms with E-state index < -0.39 is 0 Å². The lowest BCUT2D eigenvalue weighted by Crippen LogP contribution is -1.77. The predicted molar refractivity (Wildman–Crippen MR) is 31.3 cm³/mol. The van der Waals surface area contributed by atoms with Gasteiger partial charge in [0.1, 0.15) is 18.1 Å². The maximum Gasteiger partial charge on any atom is 0.150 e. The fraction of sp³-hybridized carbons (Fsp3) is 0. The molecule has 8 heavy (non-hydrogen) atoms. The van der Waals surface area contributed by atoms with Crippen LogP contribution in [0.15, 0.2) is 12.5 Å². The average Bonchev–Trinajstić information content (AvgIpc) is 2.14. The average molecular weight is 172 g/mol. The standard InChI is InChI=1S/C4H2BrN3/c5-8-3-7-2-4(8)1-6/h2-3H. The van der Waals surface area contributed by atoms with Crippen molar-refractivity contribution in [2.75, 3.05) is 0 Å². The summed E-state index contributed by atoms with van der Waals surface area (Å²) in [5, 5.41) is 8.27. The van der Waals surface area contributed by atoms with Gasteiger partial charge in [0.2, 0.25) is 0 Å². The number of imidazole rings is 1. The van der Waals surface area contributed by atoms with E-state index in [1.165, 1.54) is 16.1 Å². The van der Waals surface area contributed by atoms with Crippen LogP contribution in [0.2, 0.25) is 0 Å². The normalized spacial score (nSPS) is 8.50. The van der Waals surface area contributed by atoms with Crippen molar-refractivity contribution in [2.24, 2.45) is 0 Å². The highest BCUT2D eigenvalue weighted by molar-refractivity contribution is 9.08. The minimum absolute atomic E-state index is 0.505. The minimum Gasteiger partial charge on any atom is -0.255 e. The van der Waals surface area contributed by atoms with Crippen LogP contribution < -0.4 is 0 Å². The molecule has 0 saturated carbocycles. The molecule has 40 valence electrons. The van der Waals surface area contributed by atoms with E-state index in [1.807, 2.05) is 6.07 Å². The quantitative estimate of drug-likeness (QED) is 0.583. The van der Waals surface area contributed by atoms with Crippen LogP contribution in [-0.2, 0) is 0 Å². The number of aromatic nitrogens is 2. The van der Waals surface area contributed by atoms with Crippen molar-refractivity contribution >= 4 is 16.1 Å². The van der Waals surface area contributed by atoms with Crippen molar-refractivity contribution in [3.8, 4) is 6.07 Å². The van der Waals surface area contributed by atoms with Gasteiger partial charge in [0, 0.05) is 0 Å². The molecule has 0 unspecified atom stereocenters. The summed E-state index contributed by atoms with van der Waals surface area (Å²) >= 11 is 3.06. The van der Waals surface area contributed by atoms with Crippen molar-refractivity contribution in [2.45, 2.75) is 0 Å². The molecule has 1 aromatic heterocycles. The first-order chi connectivity index (χ1) is 3.84. The van der Waals surface area contributed by atoms with Gasteiger partial charge in [-0.25, -0.2) is 4.98 Å². The minimum atomic E-state index is 0.505. The highest BCUT2D eigenvalue weighted by atomic mass is 79.9. The molecule has 0 N–H and O–H groups in total. The first-order valence-corrected chi connectivity index (χ1v) is 2.64. The second-order valence-electron chi connectivity index (χ2n) is 1.20. The number of nitriles is 1. The van der Waals surface area contributed by atoms with Crippen molar-refractivity contribution < 1.29 is 0 Å². The van der Waals surface area contributed by atoms with Gasteiger partial charge in [0.25, 0.3) is 0 Å². The smallest absolute Gasteiger partial charge is 0.150 e. The summed E-state index contributed by atoms with van der Waals surface area (Å²) in [4.78, 5) is 3.69. The molecule has 0 atom stereocenters. The molecule has 0 fully saturated rings. The van der Waals surface area contributed by atoms with Crippen molar-refractivity contribution in [1.82, 2.24) is 8.58 Å². The van der Waals surface area contributed by atoms with Gasteiger partial charge in [0.05, 0.1) is 22.3 Å². The Kier molecular flexibility index (Phi) is 1.31. The van der Waals surface area contributed by atoms with Gasteiger partial charge in [-0.2, -0.15) is 5.26 Å². The zero-order valence-electron chi connectivity index (χ0n) is 3.87. The van der Waals surface area contributed by atoms with Crippen LogP contribution in [0, 0.1) is 11.3 Å². The highest BCUT2D eigenvalue weighted by Gasteiger charge is 1.92. The number of nitrogens with zero attached hydrogens (tertiary/aromatic N) is 3. The van der Waals surface area contributed by atoms with Gasteiger partial charge >= 0.3 is 0 Å². The van der Waals surface area contributed by atoms with Gasteiger partial charge in [-0.15, -0.1) is 0 Å². The lowest BCUT2D eigenvalue weighted by atomic mass is 10.6. The molecule has 1 heterocycles. The summed E-state index contributed by atoms with van der Waals surface area (Å²) in [5.74, 6) is 0. The second kappa shape index (κ2) is 1.97. The Balaban J connectivity index is 3.15. The van der Waals surface area contributed by atoms with E-state index in [2.05, 4.69) is 21.1 Å². The molecular weight excluding hydrogens is 170 g/mol. The number of hydrogen-bond donors (Lipinski definition) is 0. The maximum absolute atomic E-state index is 8.27. The molecular formula is C4H2BrN3. The summed E-state index contributed by atoms with van der Waals surface area (Å²) in [6.45, 7) is 0. The van der Waals surface area contributed by atoms with Crippen LogP contribution in [0.25, 0.3) is 0 Å². The van der Waals surface area contributed by atoms with Crippen LogP contribution in [0.3, 0.4) is 0 Å². The topological polar surface area (TPSA) is 41.6 Å². The van der Waals surface area contributed by atoms with Gasteiger partial charge in [0.15, 0.2) is 0 Å². The van der Waals surface area contributed by atoms with E-state index in [-0.39, 0.29) is 0 Å². The van der Waals surface area contributed by atoms with E-state index in [4.69, 9.17) is 5.26 Å². The molecule has 0 spiro atoms. The molecule has 0 amide bonds. The third kappa shape index (κ3) is 0.724. The summed E-state index contributed by atoms with van der Waals surface area (Å²) < 4.78 is 1.48. The summed E-state index contributed by atoms with van der Waals surface area (Å²) in [5.41, 5.74) is 0.505. The Labute approximate surface area is 54.9 Å². The predicted octanol–water partition coefficient (Wildman–Crippen LogP) is 0.913. The molecule has 0 aliphatic rings. The number of rotatable bonds is 0. The molecule has 0 saturated heterocycles. The van der Waals surface area contributed by atoms with E-state index in [0.717, 1.165) is 0 Å². The summed E-state index contributed by atoms with van der Waals surface area (Å²) in [7, 11) is 0. The molecule has 1 rings (SSSR count). The Morgan fingerprint density at radius 2 is 2.62 bits per heavy atom. The highest BCUT2D eigenvalue weighted by Crippen LogP contribution is 1.98. The Morgan fingerprint density at radius 3 is 2.88 bits per heavy atom.